The number of benzene rings is 1. The molecule has 1 fully saturated rings. The molecule has 0 radical (unpaired) electrons. The third kappa shape index (κ3) is 5.48. The predicted octanol–water partition coefficient (Wildman–Crippen LogP) is 3.30. The number of methoxy groups -OCH3 is 1. The van der Waals surface area contributed by atoms with Crippen LogP contribution in [0.15, 0.2) is 29.3 Å². The molecule has 1 aromatic heterocycles. The van der Waals surface area contributed by atoms with Gasteiger partial charge in [-0.15, -0.1) is 24.0 Å². The van der Waals surface area contributed by atoms with E-state index in [1.54, 1.807) is 20.2 Å². The Morgan fingerprint density at radius 2 is 2.00 bits per heavy atom. The molecular weight excluding hydrogens is 484 g/mol. The average Bonchev–Trinajstić information content (AvgIpc) is 3.43. The molecule has 1 saturated carbocycles. The fraction of sp³-hybridized carbons (Fsp3) is 0.524. The average molecular weight is 515 g/mol. The molecule has 0 aliphatic heterocycles. The molecule has 8 heteroatoms. The van der Waals surface area contributed by atoms with Crippen LogP contribution in [0, 0.1) is 19.7 Å². The van der Waals surface area contributed by atoms with Crippen LogP contribution in [0.1, 0.15) is 35.4 Å². The summed E-state index contributed by atoms with van der Waals surface area (Å²) in [6, 6.07) is 7.06. The van der Waals surface area contributed by atoms with Crippen molar-refractivity contribution >= 4 is 29.9 Å². The number of aryl methyl sites for hydroxylation is 1. The first kappa shape index (κ1) is 23.6. The Bertz CT molecular complexity index is 848. The molecule has 160 valence electrons. The lowest BCUT2D eigenvalue weighted by Crippen LogP contribution is -2.41. The fourth-order valence-corrected chi connectivity index (χ4v) is 3.61. The number of nitrogens with zero attached hydrogens (tertiary/aromatic N) is 3. The number of hydrogen-bond acceptors (Lipinski definition) is 3. The lowest BCUT2D eigenvalue weighted by molar-refractivity contribution is 0.182. The van der Waals surface area contributed by atoms with Gasteiger partial charge in [0.05, 0.1) is 18.8 Å². The molecule has 2 N–H and O–H groups in total. The predicted molar refractivity (Wildman–Crippen MR) is 125 cm³/mol. The zero-order chi connectivity index (χ0) is 20.1. The Morgan fingerprint density at radius 3 is 2.62 bits per heavy atom. The molecule has 0 saturated heterocycles. The van der Waals surface area contributed by atoms with E-state index in [1.807, 2.05) is 23.7 Å². The highest BCUT2D eigenvalue weighted by Gasteiger charge is 2.45. The smallest absolute Gasteiger partial charge is 0.191 e. The second kappa shape index (κ2) is 10.4. The SMILES string of the molecule is CN=C(NCc1c(C)nn(CCOC)c1C)NCC1(c2ccccc2F)CC1.I. The van der Waals surface area contributed by atoms with Gasteiger partial charge < -0.3 is 15.4 Å². The first-order chi connectivity index (χ1) is 13.5. The van der Waals surface area contributed by atoms with Gasteiger partial charge >= 0.3 is 0 Å². The summed E-state index contributed by atoms with van der Waals surface area (Å²) in [7, 11) is 3.44. The number of aromatic nitrogens is 2. The minimum absolute atomic E-state index is 0. The lowest BCUT2D eigenvalue weighted by atomic mass is 9.95. The number of aliphatic imine (C=N–C) groups is 1. The van der Waals surface area contributed by atoms with Crippen LogP contribution in [-0.4, -0.2) is 43.0 Å². The van der Waals surface area contributed by atoms with Crippen molar-refractivity contribution in [2.24, 2.45) is 4.99 Å². The molecule has 0 amide bonds. The third-order valence-electron chi connectivity index (χ3n) is 5.59. The molecule has 0 atom stereocenters. The molecule has 6 nitrogen and oxygen atoms in total. The van der Waals surface area contributed by atoms with Gasteiger partial charge in [-0.25, -0.2) is 4.39 Å². The minimum Gasteiger partial charge on any atom is -0.383 e. The van der Waals surface area contributed by atoms with Crippen LogP contribution in [0.4, 0.5) is 4.39 Å². The fourth-order valence-electron chi connectivity index (χ4n) is 3.61. The summed E-state index contributed by atoms with van der Waals surface area (Å²) in [5, 5.41) is 11.3. The normalized spacial score (nSPS) is 15.0. The van der Waals surface area contributed by atoms with E-state index in [1.165, 1.54) is 6.07 Å². The molecule has 0 bridgehead atoms. The van der Waals surface area contributed by atoms with Crippen molar-refractivity contribution in [1.82, 2.24) is 20.4 Å². The Morgan fingerprint density at radius 1 is 1.28 bits per heavy atom. The maximum absolute atomic E-state index is 14.2. The van der Waals surface area contributed by atoms with Crippen LogP contribution in [0.5, 0.6) is 0 Å². The molecular formula is C21H31FIN5O. The molecule has 0 spiro atoms. The van der Waals surface area contributed by atoms with E-state index >= 15 is 0 Å². The number of nitrogens with one attached hydrogen (secondary N) is 2. The summed E-state index contributed by atoms with van der Waals surface area (Å²) in [6.45, 7) is 6.76. The van der Waals surface area contributed by atoms with E-state index in [0.29, 0.717) is 25.7 Å². The Labute approximate surface area is 189 Å². The number of hydrogen-bond donors (Lipinski definition) is 2. The summed E-state index contributed by atoms with van der Waals surface area (Å²) in [5.41, 5.74) is 3.96. The van der Waals surface area contributed by atoms with Gasteiger partial charge in [-0.1, -0.05) is 18.2 Å². The molecule has 3 rings (SSSR count). The summed E-state index contributed by atoms with van der Waals surface area (Å²) in [5.74, 6) is 0.588. The summed E-state index contributed by atoms with van der Waals surface area (Å²) in [4.78, 5) is 4.32. The summed E-state index contributed by atoms with van der Waals surface area (Å²) in [6.07, 6.45) is 1.98. The van der Waals surface area contributed by atoms with Gasteiger partial charge in [0.25, 0.3) is 0 Å². The molecule has 29 heavy (non-hydrogen) atoms. The standard InChI is InChI=1S/C21H30FN5O.HI/c1-15-17(16(2)27(26-15)11-12-28-4)13-24-20(23-3)25-14-21(9-10-21)18-7-5-6-8-19(18)22;/h5-8H,9-14H2,1-4H3,(H2,23,24,25);1H. The molecule has 0 unspecified atom stereocenters. The first-order valence-electron chi connectivity index (χ1n) is 9.72. The van der Waals surface area contributed by atoms with Gasteiger partial charge in [-0.05, 0) is 38.3 Å². The minimum atomic E-state index is -0.125. The van der Waals surface area contributed by atoms with Crippen molar-refractivity contribution in [3.8, 4) is 0 Å². The summed E-state index contributed by atoms with van der Waals surface area (Å²) < 4.78 is 21.3. The van der Waals surface area contributed by atoms with Crippen LogP contribution in [-0.2, 0) is 23.2 Å². The number of guanidine groups is 1. The van der Waals surface area contributed by atoms with E-state index in [-0.39, 0.29) is 35.2 Å². The number of rotatable bonds is 8. The highest BCUT2D eigenvalue weighted by atomic mass is 127. The van der Waals surface area contributed by atoms with Crippen LogP contribution in [0.25, 0.3) is 0 Å². The quantitative estimate of drug-likeness (QED) is 0.322. The maximum Gasteiger partial charge on any atom is 0.191 e. The molecule has 1 aromatic carbocycles. The van der Waals surface area contributed by atoms with E-state index in [9.17, 15) is 4.39 Å². The van der Waals surface area contributed by atoms with Crippen molar-refractivity contribution in [3.05, 3.63) is 52.6 Å². The van der Waals surface area contributed by atoms with E-state index in [4.69, 9.17) is 4.74 Å². The van der Waals surface area contributed by atoms with Crippen molar-refractivity contribution in [2.75, 3.05) is 27.3 Å². The third-order valence-corrected chi connectivity index (χ3v) is 5.59. The monoisotopic (exact) mass is 515 g/mol. The van der Waals surface area contributed by atoms with Crippen LogP contribution in [0.2, 0.25) is 0 Å². The topological polar surface area (TPSA) is 63.5 Å². The largest absolute Gasteiger partial charge is 0.383 e. The second-order valence-corrected chi connectivity index (χ2v) is 7.40. The highest BCUT2D eigenvalue weighted by molar-refractivity contribution is 14.0. The van der Waals surface area contributed by atoms with Crippen LogP contribution in [0.3, 0.4) is 0 Å². The Balaban J connectivity index is 0.00000300. The summed E-state index contributed by atoms with van der Waals surface area (Å²) >= 11 is 0. The molecule has 1 aliphatic rings. The van der Waals surface area contributed by atoms with E-state index in [2.05, 4.69) is 27.6 Å². The van der Waals surface area contributed by atoms with E-state index in [0.717, 1.165) is 41.9 Å². The Kier molecular flexibility index (Phi) is 8.45. The van der Waals surface area contributed by atoms with Gasteiger partial charge in [-0.2, -0.15) is 5.10 Å². The second-order valence-electron chi connectivity index (χ2n) is 7.40. The molecule has 2 aromatic rings. The molecule has 1 heterocycles. The zero-order valence-electron chi connectivity index (χ0n) is 17.6. The first-order valence-corrected chi connectivity index (χ1v) is 9.72. The van der Waals surface area contributed by atoms with Gasteiger partial charge in [-0.3, -0.25) is 9.67 Å². The van der Waals surface area contributed by atoms with Crippen LogP contribution < -0.4 is 10.6 Å². The zero-order valence-corrected chi connectivity index (χ0v) is 19.9. The number of ether oxygens (including phenoxy) is 1. The maximum atomic E-state index is 14.2. The number of halogens is 2. The Hall–Kier alpha value is -1.68. The van der Waals surface area contributed by atoms with Crippen molar-refractivity contribution in [1.29, 1.82) is 0 Å². The van der Waals surface area contributed by atoms with Crippen molar-refractivity contribution < 1.29 is 9.13 Å². The van der Waals surface area contributed by atoms with Gasteiger partial charge in [0.15, 0.2) is 5.96 Å². The van der Waals surface area contributed by atoms with Gasteiger partial charge in [0.1, 0.15) is 5.82 Å². The van der Waals surface area contributed by atoms with E-state index < -0.39 is 0 Å². The molecule has 1 aliphatic carbocycles. The lowest BCUT2D eigenvalue weighted by Gasteiger charge is -2.19. The highest BCUT2D eigenvalue weighted by Crippen LogP contribution is 2.48. The van der Waals surface area contributed by atoms with Gasteiger partial charge in [0, 0.05) is 43.9 Å². The van der Waals surface area contributed by atoms with Crippen LogP contribution >= 0.6 is 24.0 Å². The van der Waals surface area contributed by atoms with Crippen molar-refractivity contribution in [3.63, 3.8) is 0 Å². The van der Waals surface area contributed by atoms with Crippen molar-refractivity contribution in [2.45, 2.75) is 45.2 Å². The van der Waals surface area contributed by atoms with Gasteiger partial charge in [0.2, 0.25) is 0 Å².